The number of aromatic nitrogens is 3. The van der Waals surface area contributed by atoms with Crippen LogP contribution in [0.2, 0.25) is 0 Å². The fourth-order valence-electron chi connectivity index (χ4n) is 1.64. The van der Waals surface area contributed by atoms with E-state index in [-0.39, 0.29) is 0 Å². The number of nitrogens with zero attached hydrogens (tertiary/aromatic N) is 3. The van der Waals surface area contributed by atoms with E-state index in [2.05, 4.69) is 42.6 Å². The first-order valence-electron chi connectivity index (χ1n) is 6.39. The Morgan fingerprint density at radius 3 is 1.67 bits per heavy atom. The van der Waals surface area contributed by atoms with Gasteiger partial charge in [0.25, 0.3) is 0 Å². The van der Waals surface area contributed by atoms with Gasteiger partial charge in [-0.05, 0) is 0 Å². The molecule has 1 aromatic carbocycles. The van der Waals surface area contributed by atoms with Crippen LogP contribution in [0.5, 0.6) is 0 Å². The average molecular weight is 241 g/mol. The van der Waals surface area contributed by atoms with Gasteiger partial charge in [0.2, 0.25) is 0 Å². The molecule has 3 heteroatoms. The van der Waals surface area contributed by atoms with Crippen LogP contribution in [0.15, 0.2) is 30.3 Å². The van der Waals surface area contributed by atoms with Gasteiger partial charge in [0.1, 0.15) is 11.6 Å². The van der Waals surface area contributed by atoms with Crippen molar-refractivity contribution in [2.24, 2.45) is 0 Å². The molecule has 0 aliphatic rings. The van der Waals surface area contributed by atoms with Gasteiger partial charge in [0, 0.05) is 17.4 Å². The summed E-state index contributed by atoms with van der Waals surface area (Å²) in [6, 6.07) is 10.1. The van der Waals surface area contributed by atoms with Crippen molar-refractivity contribution < 1.29 is 0 Å². The Labute approximate surface area is 108 Å². The summed E-state index contributed by atoms with van der Waals surface area (Å²) in [5, 5.41) is 0. The lowest BCUT2D eigenvalue weighted by molar-refractivity contribution is 0.697. The maximum atomic E-state index is 4.56. The molecule has 0 bridgehead atoms. The van der Waals surface area contributed by atoms with E-state index in [0.29, 0.717) is 11.8 Å². The maximum absolute atomic E-state index is 4.56. The van der Waals surface area contributed by atoms with Crippen LogP contribution in [0.1, 0.15) is 51.2 Å². The van der Waals surface area contributed by atoms with Crippen LogP contribution in [0, 0.1) is 0 Å². The minimum Gasteiger partial charge on any atom is -0.217 e. The Morgan fingerprint density at radius 2 is 1.22 bits per heavy atom. The van der Waals surface area contributed by atoms with Crippen LogP contribution in [0.4, 0.5) is 0 Å². The third-order valence-electron chi connectivity index (χ3n) is 2.73. The molecule has 18 heavy (non-hydrogen) atoms. The third-order valence-corrected chi connectivity index (χ3v) is 2.73. The van der Waals surface area contributed by atoms with Gasteiger partial charge in [-0.1, -0.05) is 58.0 Å². The molecule has 0 aliphatic carbocycles. The first-order chi connectivity index (χ1) is 8.58. The van der Waals surface area contributed by atoms with E-state index < -0.39 is 0 Å². The van der Waals surface area contributed by atoms with Gasteiger partial charge in [-0.15, -0.1) is 0 Å². The van der Waals surface area contributed by atoms with Crippen LogP contribution in [0.3, 0.4) is 0 Å². The van der Waals surface area contributed by atoms with E-state index in [9.17, 15) is 0 Å². The Kier molecular flexibility index (Phi) is 3.70. The molecule has 2 rings (SSSR count). The number of rotatable bonds is 3. The van der Waals surface area contributed by atoms with Gasteiger partial charge in [0.15, 0.2) is 5.82 Å². The molecule has 0 unspecified atom stereocenters. The van der Waals surface area contributed by atoms with Crippen molar-refractivity contribution in [3.05, 3.63) is 42.0 Å². The second kappa shape index (κ2) is 5.25. The number of benzene rings is 1. The first-order valence-corrected chi connectivity index (χ1v) is 6.39. The molecule has 0 spiro atoms. The summed E-state index contributed by atoms with van der Waals surface area (Å²) in [7, 11) is 0. The van der Waals surface area contributed by atoms with Crippen molar-refractivity contribution >= 4 is 0 Å². The van der Waals surface area contributed by atoms with Crippen LogP contribution in [-0.2, 0) is 0 Å². The lowest BCUT2D eigenvalue weighted by Crippen LogP contribution is -2.07. The molecule has 0 amide bonds. The summed E-state index contributed by atoms with van der Waals surface area (Å²) in [5.41, 5.74) is 1.05. The Morgan fingerprint density at radius 1 is 0.722 bits per heavy atom. The largest absolute Gasteiger partial charge is 0.217 e. The van der Waals surface area contributed by atoms with Crippen LogP contribution >= 0.6 is 0 Å². The predicted molar refractivity (Wildman–Crippen MR) is 73.4 cm³/mol. The van der Waals surface area contributed by atoms with Crippen molar-refractivity contribution in [1.29, 1.82) is 0 Å². The van der Waals surface area contributed by atoms with Crippen molar-refractivity contribution in [3.63, 3.8) is 0 Å². The lowest BCUT2D eigenvalue weighted by atomic mass is 10.1. The predicted octanol–water partition coefficient (Wildman–Crippen LogP) is 3.79. The van der Waals surface area contributed by atoms with Gasteiger partial charge in [-0.25, -0.2) is 15.0 Å². The molecule has 0 saturated carbocycles. The van der Waals surface area contributed by atoms with Crippen LogP contribution in [-0.4, -0.2) is 15.0 Å². The van der Waals surface area contributed by atoms with Crippen molar-refractivity contribution in [2.75, 3.05) is 0 Å². The zero-order valence-electron chi connectivity index (χ0n) is 11.4. The second-order valence-corrected chi connectivity index (χ2v) is 5.05. The molecule has 0 radical (unpaired) electrons. The second-order valence-electron chi connectivity index (χ2n) is 5.05. The molecule has 2 aromatic rings. The van der Waals surface area contributed by atoms with E-state index in [1.165, 1.54) is 0 Å². The molecule has 0 fully saturated rings. The first kappa shape index (κ1) is 12.7. The molecule has 0 aliphatic heterocycles. The molecule has 3 nitrogen and oxygen atoms in total. The SMILES string of the molecule is CC(C)c1nc(-c2ccccc2)nc(C(C)C)n1. The summed E-state index contributed by atoms with van der Waals surface area (Å²) in [4.78, 5) is 13.7. The summed E-state index contributed by atoms with van der Waals surface area (Å²) in [6.45, 7) is 8.42. The van der Waals surface area contributed by atoms with Crippen LogP contribution in [0.25, 0.3) is 11.4 Å². The normalized spacial score (nSPS) is 11.2. The third kappa shape index (κ3) is 2.73. The molecule has 1 aromatic heterocycles. The van der Waals surface area contributed by atoms with E-state index in [1.807, 2.05) is 30.3 Å². The van der Waals surface area contributed by atoms with E-state index >= 15 is 0 Å². The highest BCUT2D eigenvalue weighted by Crippen LogP contribution is 2.20. The van der Waals surface area contributed by atoms with Crippen molar-refractivity contribution in [2.45, 2.75) is 39.5 Å². The van der Waals surface area contributed by atoms with Gasteiger partial charge in [0.05, 0.1) is 0 Å². The molecule has 0 atom stereocenters. The van der Waals surface area contributed by atoms with Crippen molar-refractivity contribution in [3.8, 4) is 11.4 Å². The van der Waals surface area contributed by atoms with E-state index in [1.54, 1.807) is 0 Å². The quantitative estimate of drug-likeness (QED) is 0.820. The van der Waals surface area contributed by atoms with Gasteiger partial charge < -0.3 is 0 Å². The summed E-state index contributed by atoms with van der Waals surface area (Å²) >= 11 is 0. The van der Waals surface area contributed by atoms with Crippen molar-refractivity contribution in [1.82, 2.24) is 15.0 Å². The maximum Gasteiger partial charge on any atom is 0.163 e. The van der Waals surface area contributed by atoms with E-state index in [0.717, 1.165) is 23.0 Å². The highest BCUT2D eigenvalue weighted by molar-refractivity contribution is 5.54. The monoisotopic (exact) mass is 241 g/mol. The van der Waals surface area contributed by atoms with Gasteiger partial charge in [-0.2, -0.15) is 0 Å². The minimum atomic E-state index is 0.313. The fraction of sp³-hybridized carbons (Fsp3) is 0.400. The zero-order chi connectivity index (χ0) is 13.1. The topological polar surface area (TPSA) is 38.7 Å². The Bertz CT molecular complexity index is 492. The number of hydrogen-bond acceptors (Lipinski definition) is 3. The Hall–Kier alpha value is -1.77. The van der Waals surface area contributed by atoms with E-state index in [4.69, 9.17) is 0 Å². The molecular formula is C15H19N3. The smallest absolute Gasteiger partial charge is 0.163 e. The van der Waals surface area contributed by atoms with Gasteiger partial charge in [-0.3, -0.25) is 0 Å². The zero-order valence-corrected chi connectivity index (χ0v) is 11.4. The van der Waals surface area contributed by atoms with Crippen LogP contribution < -0.4 is 0 Å². The summed E-state index contributed by atoms with van der Waals surface area (Å²) < 4.78 is 0. The Balaban J connectivity index is 2.54. The van der Waals surface area contributed by atoms with Gasteiger partial charge >= 0.3 is 0 Å². The average Bonchev–Trinajstić information content (AvgIpc) is 2.39. The summed E-state index contributed by atoms with van der Waals surface area (Å²) in [6.07, 6.45) is 0. The number of hydrogen-bond donors (Lipinski definition) is 0. The molecule has 0 saturated heterocycles. The highest BCUT2D eigenvalue weighted by Gasteiger charge is 2.12. The standard InChI is InChI=1S/C15H19N3/c1-10(2)13-16-14(11(3)4)18-15(17-13)12-8-6-5-7-9-12/h5-11H,1-4H3. The minimum absolute atomic E-state index is 0.313. The fourth-order valence-corrected chi connectivity index (χ4v) is 1.64. The molecule has 94 valence electrons. The summed E-state index contributed by atoms with van der Waals surface area (Å²) in [5.74, 6) is 3.14. The lowest BCUT2D eigenvalue weighted by Gasteiger charge is -2.11. The highest BCUT2D eigenvalue weighted by atomic mass is 15.0. The molecule has 1 heterocycles. The molecular weight excluding hydrogens is 222 g/mol. The molecule has 0 N–H and O–H groups in total.